The number of amides is 1. The van der Waals surface area contributed by atoms with E-state index in [4.69, 9.17) is 15.5 Å². The first-order valence-corrected chi connectivity index (χ1v) is 11.3. The van der Waals surface area contributed by atoms with Gasteiger partial charge >= 0.3 is 0 Å². The molecule has 1 amide bonds. The number of aromatic nitrogens is 1. The molecule has 0 radical (unpaired) electrons. The number of rotatable bonds is 3. The third kappa shape index (κ3) is 3.38. The molecule has 0 saturated heterocycles. The van der Waals surface area contributed by atoms with Crippen LogP contribution in [0, 0.1) is 0 Å². The van der Waals surface area contributed by atoms with E-state index < -0.39 is 11.1 Å². The number of benzene rings is 1. The number of hydrogen-bond acceptors (Lipinski definition) is 5. The van der Waals surface area contributed by atoms with Crippen LogP contribution in [0.5, 0.6) is 5.75 Å². The van der Waals surface area contributed by atoms with Gasteiger partial charge in [0.1, 0.15) is 11.4 Å². The fourth-order valence-corrected chi connectivity index (χ4v) is 5.56. The van der Waals surface area contributed by atoms with Crippen LogP contribution in [0.3, 0.4) is 0 Å². The molecule has 1 fully saturated rings. The summed E-state index contributed by atoms with van der Waals surface area (Å²) >= 11 is 0. The van der Waals surface area contributed by atoms with Crippen molar-refractivity contribution < 1.29 is 9.53 Å². The minimum atomic E-state index is -1.04. The monoisotopic (exact) mass is 418 g/mol. The highest BCUT2D eigenvalue weighted by atomic mass is 16.5. The molecular formula is C25H30N4O2. The van der Waals surface area contributed by atoms with Crippen molar-refractivity contribution >= 4 is 11.9 Å². The maximum Gasteiger partial charge on any atom is 0.261 e. The number of guanidine groups is 1. The van der Waals surface area contributed by atoms with Gasteiger partial charge in [-0.05, 0) is 55.5 Å². The van der Waals surface area contributed by atoms with E-state index in [9.17, 15) is 4.79 Å². The Kier molecular flexibility index (Phi) is 4.76. The predicted octanol–water partition coefficient (Wildman–Crippen LogP) is 3.90. The van der Waals surface area contributed by atoms with Crippen molar-refractivity contribution in [3.63, 3.8) is 0 Å². The number of likely N-dealkylation sites (N-methyl/N-ethyl adjacent to an activating group) is 1. The van der Waals surface area contributed by atoms with Gasteiger partial charge in [-0.3, -0.25) is 14.7 Å². The van der Waals surface area contributed by atoms with Gasteiger partial charge in [0.25, 0.3) is 5.91 Å². The van der Waals surface area contributed by atoms with Crippen LogP contribution in [-0.4, -0.2) is 34.4 Å². The molecule has 2 N–H and O–H groups in total. The second kappa shape index (κ2) is 7.36. The van der Waals surface area contributed by atoms with Gasteiger partial charge in [-0.1, -0.05) is 31.4 Å². The summed E-state index contributed by atoms with van der Waals surface area (Å²) in [7, 11) is 1.70. The van der Waals surface area contributed by atoms with E-state index in [-0.39, 0.29) is 11.9 Å². The van der Waals surface area contributed by atoms with Gasteiger partial charge in [-0.25, -0.2) is 4.99 Å². The SMILES string of the molecule is CN1C(=O)C2(C[C@@](C)(Cc3ccccn3)Oc3ccc(C4CCCCC4)cc32)N=C1N. The fraction of sp³-hybridized carbons (Fsp3) is 0.480. The maximum atomic E-state index is 13.5. The number of nitrogens with two attached hydrogens (primary N) is 1. The topological polar surface area (TPSA) is 80.8 Å². The molecule has 5 rings (SSSR count). The molecule has 162 valence electrons. The first-order chi connectivity index (χ1) is 14.9. The van der Waals surface area contributed by atoms with E-state index in [0.29, 0.717) is 18.8 Å². The number of pyridine rings is 1. The highest BCUT2D eigenvalue weighted by molar-refractivity contribution is 6.07. The lowest BCUT2D eigenvalue weighted by atomic mass is 9.73. The lowest BCUT2D eigenvalue weighted by Crippen LogP contribution is -2.51. The van der Waals surface area contributed by atoms with E-state index in [1.165, 1.54) is 42.6 Å². The van der Waals surface area contributed by atoms with Crippen LogP contribution >= 0.6 is 0 Å². The molecule has 2 atom stereocenters. The first kappa shape index (κ1) is 20.0. The number of fused-ring (bicyclic) bond motifs is 2. The van der Waals surface area contributed by atoms with Crippen molar-refractivity contribution in [3.8, 4) is 5.75 Å². The van der Waals surface area contributed by atoms with Gasteiger partial charge in [0.05, 0.1) is 0 Å². The van der Waals surface area contributed by atoms with Crippen LogP contribution in [0.25, 0.3) is 0 Å². The molecule has 31 heavy (non-hydrogen) atoms. The van der Waals surface area contributed by atoms with E-state index >= 15 is 0 Å². The van der Waals surface area contributed by atoms with Crippen LogP contribution in [-0.2, 0) is 16.8 Å². The lowest BCUT2D eigenvalue weighted by molar-refractivity contribution is -0.133. The molecule has 1 saturated carbocycles. The summed E-state index contributed by atoms with van der Waals surface area (Å²) in [5.41, 5.74) is 7.55. The average Bonchev–Trinajstić information content (AvgIpc) is 2.98. The Labute approximate surface area is 183 Å². The van der Waals surface area contributed by atoms with E-state index in [2.05, 4.69) is 17.1 Å². The summed E-state index contributed by atoms with van der Waals surface area (Å²) in [6, 6.07) is 12.2. The van der Waals surface area contributed by atoms with Gasteiger partial charge in [0.2, 0.25) is 0 Å². The second-order valence-electron chi connectivity index (χ2n) is 9.51. The Hall–Kier alpha value is -2.89. The van der Waals surface area contributed by atoms with E-state index in [1.54, 1.807) is 13.2 Å². The standard InChI is InChI=1S/C25H30N4O2/c1-24(15-19-10-6-7-13-27-19)16-25(22(30)29(2)23(26)28-25)20-14-18(11-12-21(20)31-24)17-8-4-3-5-9-17/h6-7,10-14,17H,3-5,8-9,15-16H2,1-2H3,(H2,26,28)/t24-,25?/m1/s1. The van der Waals surface area contributed by atoms with Crippen molar-refractivity contribution in [1.29, 1.82) is 0 Å². The zero-order valence-electron chi connectivity index (χ0n) is 18.3. The molecule has 1 aromatic heterocycles. The quantitative estimate of drug-likeness (QED) is 0.820. The summed E-state index contributed by atoms with van der Waals surface area (Å²) in [4.78, 5) is 24.3. The van der Waals surface area contributed by atoms with E-state index in [0.717, 1.165) is 17.0 Å². The largest absolute Gasteiger partial charge is 0.487 e. The van der Waals surface area contributed by atoms with Crippen molar-refractivity contribution in [3.05, 3.63) is 59.4 Å². The van der Waals surface area contributed by atoms with Crippen LogP contribution in [0.15, 0.2) is 47.6 Å². The van der Waals surface area contributed by atoms with Gasteiger partial charge < -0.3 is 10.5 Å². The third-order valence-electron chi connectivity index (χ3n) is 7.10. The summed E-state index contributed by atoms with van der Waals surface area (Å²) in [5.74, 6) is 1.45. The van der Waals surface area contributed by atoms with Gasteiger partial charge in [0, 0.05) is 37.3 Å². The number of ether oxygens (including phenoxy) is 1. The number of carbonyl (C=O) groups is 1. The highest BCUT2D eigenvalue weighted by Gasteiger charge is 2.56. The van der Waals surface area contributed by atoms with E-state index in [1.807, 2.05) is 31.2 Å². The van der Waals surface area contributed by atoms with Gasteiger partial charge in [0.15, 0.2) is 11.5 Å². The number of carbonyl (C=O) groups excluding carboxylic acids is 1. The molecule has 6 heteroatoms. The molecular weight excluding hydrogens is 388 g/mol. The molecule has 0 bridgehead atoms. The molecule has 1 aliphatic carbocycles. The van der Waals surface area contributed by atoms with Crippen LogP contribution in [0.4, 0.5) is 0 Å². The second-order valence-corrected chi connectivity index (χ2v) is 9.51. The molecule has 6 nitrogen and oxygen atoms in total. The molecule has 2 aliphatic heterocycles. The number of aliphatic imine (C=N–C) groups is 1. The molecule has 2 aromatic rings. The van der Waals surface area contributed by atoms with Crippen LogP contribution < -0.4 is 10.5 Å². The van der Waals surface area contributed by atoms with Gasteiger partial charge in [-0.15, -0.1) is 0 Å². The zero-order valence-corrected chi connectivity index (χ0v) is 18.3. The maximum absolute atomic E-state index is 13.5. The summed E-state index contributed by atoms with van der Waals surface area (Å²) in [6.45, 7) is 2.04. The number of nitrogens with zero attached hydrogens (tertiary/aromatic N) is 3. The van der Waals surface area contributed by atoms with Gasteiger partial charge in [-0.2, -0.15) is 0 Å². The van der Waals surface area contributed by atoms with Crippen LogP contribution in [0.2, 0.25) is 0 Å². The predicted molar refractivity (Wildman–Crippen MR) is 120 cm³/mol. The third-order valence-corrected chi connectivity index (χ3v) is 7.10. The first-order valence-electron chi connectivity index (χ1n) is 11.3. The van der Waals surface area contributed by atoms with Crippen molar-refractivity contribution in [2.45, 2.75) is 68.9 Å². The Bertz CT molecular complexity index is 1030. The van der Waals surface area contributed by atoms with Crippen molar-refractivity contribution in [1.82, 2.24) is 9.88 Å². The summed E-state index contributed by atoms with van der Waals surface area (Å²) < 4.78 is 6.55. The number of hydrogen-bond donors (Lipinski definition) is 1. The highest BCUT2D eigenvalue weighted by Crippen LogP contribution is 2.50. The molecule has 1 spiro atoms. The summed E-state index contributed by atoms with van der Waals surface area (Å²) in [6.07, 6.45) is 9.04. The minimum Gasteiger partial charge on any atom is -0.487 e. The lowest BCUT2D eigenvalue weighted by Gasteiger charge is -2.43. The van der Waals surface area contributed by atoms with Crippen molar-refractivity contribution in [2.75, 3.05) is 7.05 Å². The average molecular weight is 419 g/mol. The Morgan fingerprint density at radius 2 is 2.00 bits per heavy atom. The molecule has 1 aromatic carbocycles. The summed E-state index contributed by atoms with van der Waals surface area (Å²) in [5, 5.41) is 0. The molecule has 3 aliphatic rings. The Morgan fingerprint density at radius 1 is 1.19 bits per heavy atom. The van der Waals surface area contributed by atoms with Crippen LogP contribution in [0.1, 0.15) is 68.2 Å². The Balaban J connectivity index is 1.59. The fourth-order valence-electron chi connectivity index (χ4n) is 5.56. The minimum absolute atomic E-state index is 0.0809. The Morgan fingerprint density at radius 3 is 2.68 bits per heavy atom. The zero-order chi connectivity index (χ0) is 21.6. The molecule has 1 unspecified atom stereocenters. The van der Waals surface area contributed by atoms with Crippen molar-refractivity contribution in [2.24, 2.45) is 10.7 Å². The molecule has 3 heterocycles. The normalized spacial score (nSPS) is 28.4. The smallest absolute Gasteiger partial charge is 0.261 e.